The lowest BCUT2D eigenvalue weighted by Gasteiger charge is -2.22. The maximum absolute atomic E-state index is 12.1. The predicted octanol–water partition coefficient (Wildman–Crippen LogP) is 3.28. The van der Waals surface area contributed by atoms with Crippen LogP contribution in [0, 0.1) is 19.3 Å². The highest BCUT2D eigenvalue weighted by molar-refractivity contribution is 5.94. The van der Waals surface area contributed by atoms with Gasteiger partial charge in [0.2, 0.25) is 5.91 Å². The zero-order chi connectivity index (χ0) is 14.8. The number of benzene rings is 1. The molecular weight excluding hydrogens is 254 g/mol. The van der Waals surface area contributed by atoms with E-state index < -0.39 is 11.4 Å². The van der Waals surface area contributed by atoms with Gasteiger partial charge in [-0.2, -0.15) is 0 Å². The fourth-order valence-electron chi connectivity index (χ4n) is 2.85. The number of hydrogen-bond donors (Lipinski definition) is 2. The molecule has 0 aromatic heterocycles. The number of carbonyl (C=O) groups excluding carboxylic acids is 1. The molecule has 1 saturated carbocycles. The van der Waals surface area contributed by atoms with E-state index in [0.29, 0.717) is 12.8 Å². The Morgan fingerprint density at radius 1 is 1.20 bits per heavy atom. The van der Waals surface area contributed by atoms with Gasteiger partial charge in [-0.1, -0.05) is 18.9 Å². The van der Waals surface area contributed by atoms with Crippen LogP contribution in [0.3, 0.4) is 0 Å². The molecule has 0 spiro atoms. The minimum atomic E-state index is -0.857. The van der Waals surface area contributed by atoms with E-state index in [1.54, 1.807) is 0 Å². The van der Waals surface area contributed by atoms with Crippen LogP contribution in [0.5, 0.6) is 0 Å². The average Bonchev–Trinajstić information content (AvgIpc) is 2.83. The summed E-state index contributed by atoms with van der Waals surface area (Å²) in [7, 11) is 0. The normalized spacial score (nSPS) is 16.9. The number of amides is 1. The van der Waals surface area contributed by atoms with Gasteiger partial charge in [0.15, 0.2) is 0 Å². The summed E-state index contributed by atoms with van der Waals surface area (Å²) in [5, 5.41) is 12.2. The number of anilines is 1. The first-order valence-electron chi connectivity index (χ1n) is 7.03. The predicted molar refractivity (Wildman–Crippen MR) is 77.7 cm³/mol. The zero-order valence-electron chi connectivity index (χ0n) is 12.0. The Bertz CT molecular complexity index is 531. The van der Waals surface area contributed by atoms with Crippen LogP contribution in [0.2, 0.25) is 0 Å². The molecule has 1 fully saturated rings. The summed E-state index contributed by atoms with van der Waals surface area (Å²) in [4.78, 5) is 23.5. The maximum Gasteiger partial charge on any atom is 0.310 e. The zero-order valence-corrected chi connectivity index (χ0v) is 12.0. The van der Waals surface area contributed by atoms with Crippen molar-refractivity contribution in [3.05, 3.63) is 29.3 Å². The third-order valence-corrected chi connectivity index (χ3v) is 4.30. The van der Waals surface area contributed by atoms with Gasteiger partial charge >= 0.3 is 5.97 Å². The second-order valence-electron chi connectivity index (χ2n) is 5.82. The van der Waals surface area contributed by atoms with Crippen LogP contribution in [-0.4, -0.2) is 17.0 Å². The number of aryl methyl sites for hydroxylation is 2. The number of aliphatic carboxylic acids is 1. The Labute approximate surface area is 119 Å². The fraction of sp³-hybridized carbons (Fsp3) is 0.500. The Hall–Kier alpha value is -1.84. The van der Waals surface area contributed by atoms with Gasteiger partial charge in [0.25, 0.3) is 0 Å². The van der Waals surface area contributed by atoms with Gasteiger partial charge in [-0.3, -0.25) is 9.59 Å². The lowest BCUT2D eigenvalue weighted by molar-refractivity contribution is -0.150. The summed E-state index contributed by atoms with van der Waals surface area (Å²) < 4.78 is 0. The van der Waals surface area contributed by atoms with E-state index in [2.05, 4.69) is 5.32 Å². The summed E-state index contributed by atoms with van der Waals surface area (Å²) in [6.45, 7) is 4.00. The molecule has 2 N–H and O–H groups in total. The van der Waals surface area contributed by atoms with Crippen molar-refractivity contribution in [2.45, 2.75) is 46.0 Å². The fourth-order valence-corrected chi connectivity index (χ4v) is 2.85. The van der Waals surface area contributed by atoms with Crippen LogP contribution in [0.1, 0.15) is 43.2 Å². The molecule has 1 aliphatic rings. The van der Waals surface area contributed by atoms with Crippen molar-refractivity contribution in [1.29, 1.82) is 0 Å². The number of hydrogen-bond acceptors (Lipinski definition) is 2. The summed E-state index contributed by atoms with van der Waals surface area (Å²) >= 11 is 0. The van der Waals surface area contributed by atoms with Crippen molar-refractivity contribution in [3.8, 4) is 0 Å². The van der Waals surface area contributed by atoms with E-state index in [-0.39, 0.29) is 12.3 Å². The third kappa shape index (κ3) is 3.00. The average molecular weight is 275 g/mol. The second kappa shape index (κ2) is 5.65. The standard InChI is InChI=1S/C16H21NO3/c1-11-5-6-13(9-12(11)2)17-14(18)10-16(15(19)20)7-3-4-8-16/h5-6,9H,3-4,7-8,10H2,1-2H3,(H,17,18)(H,19,20). The smallest absolute Gasteiger partial charge is 0.310 e. The van der Waals surface area contributed by atoms with Crippen molar-refractivity contribution >= 4 is 17.6 Å². The monoisotopic (exact) mass is 275 g/mol. The largest absolute Gasteiger partial charge is 0.481 e. The number of carboxylic acid groups (broad SMARTS) is 1. The second-order valence-corrected chi connectivity index (χ2v) is 5.82. The van der Waals surface area contributed by atoms with Crippen LogP contribution in [0.25, 0.3) is 0 Å². The number of carboxylic acids is 1. The molecule has 108 valence electrons. The SMILES string of the molecule is Cc1ccc(NC(=O)CC2(C(=O)O)CCCC2)cc1C. The summed E-state index contributed by atoms with van der Waals surface area (Å²) in [6.07, 6.45) is 3.05. The van der Waals surface area contributed by atoms with E-state index >= 15 is 0 Å². The van der Waals surface area contributed by atoms with Crippen LogP contribution >= 0.6 is 0 Å². The molecule has 2 rings (SSSR count). The van der Waals surface area contributed by atoms with Crippen molar-refractivity contribution in [3.63, 3.8) is 0 Å². The van der Waals surface area contributed by atoms with Crippen molar-refractivity contribution in [1.82, 2.24) is 0 Å². The molecule has 1 amide bonds. The van der Waals surface area contributed by atoms with Crippen molar-refractivity contribution in [2.75, 3.05) is 5.32 Å². The first-order chi connectivity index (χ1) is 9.43. The molecule has 0 aliphatic heterocycles. The molecular formula is C16H21NO3. The Balaban J connectivity index is 2.04. The van der Waals surface area contributed by atoms with Gasteiger partial charge in [-0.25, -0.2) is 0 Å². The molecule has 0 atom stereocenters. The number of carbonyl (C=O) groups is 2. The third-order valence-electron chi connectivity index (χ3n) is 4.30. The molecule has 1 aromatic carbocycles. The van der Waals surface area contributed by atoms with Crippen LogP contribution < -0.4 is 5.32 Å². The molecule has 0 unspecified atom stereocenters. The summed E-state index contributed by atoms with van der Waals surface area (Å²) in [5.41, 5.74) is 2.15. The molecule has 1 aromatic rings. The van der Waals surface area contributed by atoms with E-state index in [4.69, 9.17) is 0 Å². The molecule has 0 heterocycles. The van der Waals surface area contributed by atoms with Crippen molar-refractivity contribution in [2.24, 2.45) is 5.41 Å². The van der Waals surface area contributed by atoms with Gasteiger partial charge < -0.3 is 10.4 Å². The Morgan fingerprint density at radius 3 is 2.40 bits per heavy atom. The van der Waals surface area contributed by atoms with E-state index in [9.17, 15) is 14.7 Å². The molecule has 4 heteroatoms. The highest BCUT2D eigenvalue weighted by Gasteiger charge is 2.42. The topological polar surface area (TPSA) is 66.4 Å². The number of nitrogens with one attached hydrogen (secondary N) is 1. The van der Waals surface area contributed by atoms with Gasteiger partial charge in [-0.15, -0.1) is 0 Å². The summed E-state index contributed by atoms with van der Waals surface area (Å²) in [5.74, 6) is -1.05. The van der Waals surface area contributed by atoms with Crippen LogP contribution in [-0.2, 0) is 9.59 Å². The minimum Gasteiger partial charge on any atom is -0.481 e. The van der Waals surface area contributed by atoms with Crippen LogP contribution in [0.4, 0.5) is 5.69 Å². The minimum absolute atomic E-state index is 0.0647. The maximum atomic E-state index is 12.1. The number of rotatable bonds is 4. The lowest BCUT2D eigenvalue weighted by atomic mass is 9.82. The highest BCUT2D eigenvalue weighted by atomic mass is 16.4. The molecule has 0 bridgehead atoms. The highest BCUT2D eigenvalue weighted by Crippen LogP contribution is 2.41. The Morgan fingerprint density at radius 2 is 1.85 bits per heavy atom. The van der Waals surface area contributed by atoms with Gasteiger partial charge in [0, 0.05) is 12.1 Å². The van der Waals surface area contributed by atoms with E-state index in [1.807, 2.05) is 32.0 Å². The molecule has 4 nitrogen and oxygen atoms in total. The lowest BCUT2D eigenvalue weighted by Crippen LogP contribution is -2.32. The first kappa shape index (κ1) is 14.6. The molecule has 20 heavy (non-hydrogen) atoms. The van der Waals surface area contributed by atoms with E-state index in [0.717, 1.165) is 24.1 Å². The van der Waals surface area contributed by atoms with Gasteiger partial charge in [0.1, 0.15) is 0 Å². The first-order valence-corrected chi connectivity index (χ1v) is 7.03. The molecule has 1 aliphatic carbocycles. The van der Waals surface area contributed by atoms with Crippen LogP contribution in [0.15, 0.2) is 18.2 Å². The van der Waals surface area contributed by atoms with Crippen molar-refractivity contribution < 1.29 is 14.7 Å². The molecule has 0 radical (unpaired) electrons. The quantitative estimate of drug-likeness (QED) is 0.886. The van der Waals surface area contributed by atoms with Gasteiger partial charge in [0.05, 0.1) is 5.41 Å². The van der Waals surface area contributed by atoms with Gasteiger partial charge in [-0.05, 0) is 49.9 Å². The summed E-state index contributed by atoms with van der Waals surface area (Å²) in [6, 6.07) is 5.71. The van der Waals surface area contributed by atoms with E-state index in [1.165, 1.54) is 5.56 Å². The Kier molecular flexibility index (Phi) is 4.12. The molecule has 0 saturated heterocycles.